The number of hydrogen-bond acceptors (Lipinski definition) is 4. The summed E-state index contributed by atoms with van der Waals surface area (Å²) in [7, 11) is 1.65. The number of anilines is 1. The first-order chi connectivity index (χ1) is 10.5. The number of rotatable bonds is 9. The van der Waals surface area contributed by atoms with Crippen molar-refractivity contribution in [3.05, 3.63) is 29.3 Å². The monoisotopic (exact) mass is 307 g/mol. The fraction of sp³-hybridized carbons (Fsp3) is 0.588. The number of carbonyl (C=O) groups excluding carboxylic acids is 1. The van der Waals surface area contributed by atoms with Crippen LogP contribution in [0.15, 0.2) is 18.2 Å². The maximum Gasteiger partial charge on any atom is 0.254 e. The van der Waals surface area contributed by atoms with E-state index in [1.54, 1.807) is 13.2 Å². The number of amides is 1. The van der Waals surface area contributed by atoms with E-state index in [1.165, 1.54) is 0 Å². The fourth-order valence-corrected chi connectivity index (χ4v) is 2.36. The summed E-state index contributed by atoms with van der Waals surface area (Å²) in [5.41, 5.74) is 8.07. The number of nitrogen functional groups attached to an aromatic ring is 1. The Morgan fingerprint density at radius 2 is 1.86 bits per heavy atom. The summed E-state index contributed by atoms with van der Waals surface area (Å²) < 4.78 is 5.14. The smallest absolute Gasteiger partial charge is 0.254 e. The van der Waals surface area contributed by atoms with Gasteiger partial charge in [0, 0.05) is 38.0 Å². The first kappa shape index (κ1) is 18.5. The summed E-state index contributed by atoms with van der Waals surface area (Å²) in [5.74, 6) is 0.0222. The number of aryl methyl sites for hydroxylation is 1. The second-order valence-corrected chi connectivity index (χ2v) is 5.39. The molecule has 0 fully saturated rings. The molecule has 0 radical (unpaired) electrons. The zero-order valence-corrected chi connectivity index (χ0v) is 14.3. The van der Waals surface area contributed by atoms with Gasteiger partial charge in [0.25, 0.3) is 5.91 Å². The summed E-state index contributed by atoms with van der Waals surface area (Å²) in [5, 5.41) is 0. The Morgan fingerprint density at radius 1 is 1.18 bits per heavy atom. The minimum absolute atomic E-state index is 0.0222. The molecule has 0 heterocycles. The summed E-state index contributed by atoms with van der Waals surface area (Å²) in [6.07, 6.45) is 0. The van der Waals surface area contributed by atoms with Gasteiger partial charge in [0.15, 0.2) is 0 Å². The average Bonchev–Trinajstić information content (AvgIpc) is 2.52. The van der Waals surface area contributed by atoms with E-state index in [-0.39, 0.29) is 5.91 Å². The van der Waals surface area contributed by atoms with Crippen LogP contribution in [0.3, 0.4) is 0 Å². The second kappa shape index (κ2) is 9.43. The van der Waals surface area contributed by atoms with Gasteiger partial charge in [-0.1, -0.05) is 19.9 Å². The maximum absolute atomic E-state index is 12.8. The standard InChI is InChI=1S/C17H29N3O2/c1-5-19(6-2)9-10-20(11-12-22-4)17(21)16-13-15(18)8-7-14(16)3/h7-8,13H,5-6,9-12,18H2,1-4H3. The van der Waals surface area contributed by atoms with E-state index >= 15 is 0 Å². The Morgan fingerprint density at radius 3 is 2.45 bits per heavy atom. The normalized spacial score (nSPS) is 11.0. The summed E-state index contributed by atoms with van der Waals surface area (Å²) >= 11 is 0. The van der Waals surface area contributed by atoms with Crippen molar-refractivity contribution in [1.29, 1.82) is 0 Å². The molecule has 0 unspecified atom stereocenters. The first-order valence-corrected chi connectivity index (χ1v) is 7.90. The van der Waals surface area contributed by atoms with Gasteiger partial charge in [0.1, 0.15) is 0 Å². The summed E-state index contributed by atoms with van der Waals surface area (Å²) in [6, 6.07) is 5.47. The van der Waals surface area contributed by atoms with Crippen LogP contribution < -0.4 is 5.73 Å². The van der Waals surface area contributed by atoms with Crippen LogP contribution in [0.5, 0.6) is 0 Å². The topological polar surface area (TPSA) is 58.8 Å². The minimum atomic E-state index is 0.0222. The molecule has 0 aliphatic rings. The molecule has 5 heteroatoms. The van der Waals surface area contributed by atoms with Crippen LogP contribution in [0.2, 0.25) is 0 Å². The van der Waals surface area contributed by atoms with Gasteiger partial charge in [-0.3, -0.25) is 4.79 Å². The molecular formula is C17H29N3O2. The Labute approximate surface area is 134 Å². The van der Waals surface area contributed by atoms with E-state index in [0.29, 0.717) is 30.9 Å². The lowest BCUT2D eigenvalue weighted by Crippen LogP contribution is -2.40. The van der Waals surface area contributed by atoms with Crippen LogP contribution in [0.4, 0.5) is 5.69 Å². The molecule has 1 amide bonds. The van der Waals surface area contributed by atoms with Crippen molar-refractivity contribution in [2.45, 2.75) is 20.8 Å². The third kappa shape index (κ3) is 5.31. The lowest BCUT2D eigenvalue weighted by molar-refractivity contribution is 0.0673. The molecule has 0 aliphatic heterocycles. The Balaban J connectivity index is 2.85. The zero-order valence-electron chi connectivity index (χ0n) is 14.3. The van der Waals surface area contributed by atoms with Gasteiger partial charge in [0.05, 0.1) is 6.61 Å². The highest BCUT2D eigenvalue weighted by Gasteiger charge is 2.18. The van der Waals surface area contributed by atoms with Gasteiger partial charge in [-0.05, 0) is 37.7 Å². The molecule has 1 aromatic rings. The Kier molecular flexibility index (Phi) is 7.91. The highest BCUT2D eigenvalue weighted by molar-refractivity contribution is 5.96. The molecule has 2 N–H and O–H groups in total. The lowest BCUT2D eigenvalue weighted by atomic mass is 10.1. The van der Waals surface area contributed by atoms with Crippen molar-refractivity contribution in [1.82, 2.24) is 9.80 Å². The lowest BCUT2D eigenvalue weighted by Gasteiger charge is -2.27. The maximum atomic E-state index is 12.8. The highest BCUT2D eigenvalue weighted by Crippen LogP contribution is 2.15. The number of benzene rings is 1. The number of ether oxygens (including phenoxy) is 1. The van der Waals surface area contributed by atoms with E-state index in [1.807, 2.05) is 24.0 Å². The molecule has 1 aromatic carbocycles. The van der Waals surface area contributed by atoms with Crippen LogP contribution >= 0.6 is 0 Å². The van der Waals surface area contributed by atoms with Crippen molar-refractivity contribution in [2.24, 2.45) is 0 Å². The number of carbonyl (C=O) groups is 1. The third-order valence-electron chi connectivity index (χ3n) is 3.93. The van der Waals surface area contributed by atoms with Crippen molar-refractivity contribution in [2.75, 3.05) is 52.2 Å². The summed E-state index contributed by atoms with van der Waals surface area (Å²) in [6.45, 7) is 10.9. The first-order valence-electron chi connectivity index (χ1n) is 7.90. The van der Waals surface area contributed by atoms with Crippen LogP contribution in [0.1, 0.15) is 29.8 Å². The van der Waals surface area contributed by atoms with E-state index in [9.17, 15) is 4.79 Å². The zero-order chi connectivity index (χ0) is 16.5. The van der Waals surface area contributed by atoms with E-state index < -0.39 is 0 Å². The largest absolute Gasteiger partial charge is 0.399 e. The number of nitrogens with zero attached hydrogens (tertiary/aromatic N) is 2. The predicted octanol–water partition coefficient (Wildman–Crippen LogP) is 2.01. The molecule has 5 nitrogen and oxygen atoms in total. The molecular weight excluding hydrogens is 278 g/mol. The number of methoxy groups -OCH3 is 1. The van der Waals surface area contributed by atoms with Gasteiger partial charge in [-0.2, -0.15) is 0 Å². The highest BCUT2D eigenvalue weighted by atomic mass is 16.5. The summed E-state index contributed by atoms with van der Waals surface area (Å²) in [4.78, 5) is 17.0. The Bertz CT molecular complexity index is 473. The van der Waals surface area contributed by atoms with Crippen LogP contribution in [-0.2, 0) is 4.74 Å². The Hall–Kier alpha value is -1.59. The molecule has 124 valence electrons. The van der Waals surface area contributed by atoms with Gasteiger partial charge >= 0.3 is 0 Å². The van der Waals surface area contributed by atoms with E-state index in [4.69, 9.17) is 10.5 Å². The molecule has 0 atom stereocenters. The number of likely N-dealkylation sites (N-methyl/N-ethyl adjacent to an activating group) is 1. The van der Waals surface area contributed by atoms with Crippen molar-refractivity contribution < 1.29 is 9.53 Å². The minimum Gasteiger partial charge on any atom is -0.399 e. The molecule has 0 bridgehead atoms. The van der Waals surface area contributed by atoms with Crippen LogP contribution in [0.25, 0.3) is 0 Å². The van der Waals surface area contributed by atoms with Crippen LogP contribution in [-0.4, -0.2) is 62.1 Å². The van der Waals surface area contributed by atoms with E-state index in [2.05, 4.69) is 18.7 Å². The van der Waals surface area contributed by atoms with Gasteiger partial charge in [-0.15, -0.1) is 0 Å². The van der Waals surface area contributed by atoms with Crippen molar-refractivity contribution >= 4 is 11.6 Å². The fourth-order valence-electron chi connectivity index (χ4n) is 2.36. The van der Waals surface area contributed by atoms with Crippen molar-refractivity contribution in [3.63, 3.8) is 0 Å². The molecule has 0 aromatic heterocycles. The molecule has 0 saturated carbocycles. The third-order valence-corrected chi connectivity index (χ3v) is 3.93. The molecule has 22 heavy (non-hydrogen) atoms. The number of hydrogen-bond donors (Lipinski definition) is 1. The molecule has 0 aliphatic carbocycles. The average molecular weight is 307 g/mol. The molecule has 1 rings (SSSR count). The van der Waals surface area contributed by atoms with Crippen LogP contribution in [0, 0.1) is 6.92 Å². The second-order valence-electron chi connectivity index (χ2n) is 5.39. The molecule has 0 saturated heterocycles. The van der Waals surface area contributed by atoms with Crippen molar-refractivity contribution in [3.8, 4) is 0 Å². The van der Waals surface area contributed by atoms with Gasteiger partial charge in [0.2, 0.25) is 0 Å². The quantitative estimate of drug-likeness (QED) is 0.709. The van der Waals surface area contributed by atoms with Gasteiger partial charge in [-0.25, -0.2) is 0 Å². The SMILES string of the molecule is CCN(CC)CCN(CCOC)C(=O)c1cc(N)ccc1C. The predicted molar refractivity (Wildman–Crippen MR) is 91.2 cm³/mol. The van der Waals surface area contributed by atoms with Gasteiger partial charge < -0.3 is 20.3 Å². The van der Waals surface area contributed by atoms with E-state index in [0.717, 1.165) is 25.2 Å². The molecule has 0 spiro atoms. The number of nitrogens with two attached hydrogens (primary N) is 1.